The summed E-state index contributed by atoms with van der Waals surface area (Å²) in [5.74, 6) is -0.693. The molecule has 212 valence electrons. The number of hydrogen-bond donors (Lipinski definition) is 3. The molecule has 0 saturated carbocycles. The molecule has 0 amide bonds. The fraction of sp³-hybridized carbons (Fsp3) is 0.333. The van der Waals surface area contributed by atoms with Crippen LogP contribution in [0.5, 0.6) is 5.75 Å². The summed E-state index contributed by atoms with van der Waals surface area (Å²) in [6, 6.07) is 27.0. The lowest BCUT2D eigenvalue weighted by Gasteiger charge is -2.43. The van der Waals surface area contributed by atoms with Gasteiger partial charge in [-0.25, -0.2) is 4.79 Å². The molecule has 6 nitrogen and oxygen atoms in total. The van der Waals surface area contributed by atoms with Gasteiger partial charge in [0.25, 0.3) is 8.32 Å². The van der Waals surface area contributed by atoms with E-state index in [0.717, 1.165) is 10.4 Å². The molecule has 0 aliphatic carbocycles. The van der Waals surface area contributed by atoms with Gasteiger partial charge in [0, 0.05) is 18.4 Å². The monoisotopic (exact) mass is 560 g/mol. The van der Waals surface area contributed by atoms with E-state index in [9.17, 15) is 20.1 Å². The Morgan fingerprint density at radius 2 is 1.48 bits per heavy atom. The van der Waals surface area contributed by atoms with Gasteiger partial charge in [0.15, 0.2) is 6.10 Å². The molecule has 0 aliphatic rings. The zero-order valence-corrected chi connectivity index (χ0v) is 24.7. The highest BCUT2D eigenvalue weighted by atomic mass is 28.4. The number of benzene rings is 3. The average molecular weight is 561 g/mol. The molecule has 0 bridgehead atoms. The number of para-hydroxylation sites is 1. The summed E-state index contributed by atoms with van der Waals surface area (Å²) in [4.78, 5) is 12.3. The molecule has 3 N–H and O–H groups in total. The maximum atomic E-state index is 12.3. The van der Waals surface area contributed by atoms with Gasteiger partial charge in [0.1, 0.15) is 5.75 Å². The lowest BCUT2D eigenvalue weighted by molar-refractivity contribution is -0.152. The van der Waals surface area contributed by atoms with Crippen LogP contribution >= 0.6 is 0 Å². The van der Waals surface area contributed by atoms with E-state index in [0.29, 0.717) is 11.1 Å². The largest absolute Gasteiger partial charge is 0.508 e. The Hall–Kier alpha value is -3.45. The van der Waals surface area contributed by atoms with E-state index in [1.165, 1.54) is 6.07 Å². The Morgan fingerprint density at radius 3 is 2.00 bits per heavy atom. The van der Waals surface area contributed by atoms with Gasteiger partial charge in [-0.1, -0.05) is 99.6 Å². The van der Waals surface area contributed by atoms with Gasteiger partial charge in [0.05, 0.1) is 19.3 Å². The standard InChI is InChI=1S/C33H40O6Si/c1-5-38-32(37)31(36)23-25(15-14-22-30(35)28-20-12-13-21-29(28)34)24-39-40(33(2,3)4,26-16-8-6-9-17-26)27-18-10-7-11-19-27/h6-14,16-21,30-31,34-36H,5,22-24H2,1-4H3/t15?,30-,31-/m1/s1. The van der Waals surface area contributed by atoms with Gasteiger partial charge in [-0.05, 0) is 40.1 Å². The van der Waals surface area contributed by atoms with E-state index < -0.39 is 26.5 Å². The summed E-state index contributed by atoms with van der Waals surface area (Å²) < 4.78 is 12.0. The van der Waals surface area contributed by atoms with Crippen LogP contribution in [0.2, 0.25) is 5.04 Å². The first-order chi connectivity index (χ1) is 19.1. The van der Waals surface area contributed by atoms with Gasteiger partial charge in [-0.3, -0.25) is 0 Å². The minimum absolute atomic E-state index is 0.0142. The van der Waals surface area contributed by atoms with E-state index >= 15 is 0 Å². The Bertz CT molecular complexity index is 1250. The molecular weight excluding hydrogens is 520 g/mol. The van der Waals surface area contributed by atoms with Crippen LogP contribution in [-0.2, 0) is 14.0 Å². The van der Waals surface area contributed by atoms with Crippen molar-refractivity contribution in [2.75, 3.05) is 13.2 Å². The van der Waals surface area contributed by atoms with Crippen molar-refractivity contribution in [1.29, 1.82) is 0 Å². The molecule has 0 aromatic heterocycles. The van der Waals surface area contributed by atoms with Crippen LogP contribution in [0, 0.1) is 0 Å². The number of esters is 1. The normalized spacial score (nSPS) is 13.2. The maximum absolute atomic E-state index is 12.3. The molecule has 3 rings (SSSR count). The SMILES string of the molecule is CCOC(=O)[C@H](O)CC(=C=CC[C@@H](O)c1ccccc1O)CO[Si](c1ccccc1)(c1ccccc1)C(C)(C)C. The van der Waals surface area contributed by atoms with E-state index in [4.69, 9.17) is 9.16 Å². The second-order valence-corrected chi connectivity index (χ2v) is 15.0. The van der Waals surface area contributed by atoms with Crippen molar-refractivity contribution in [3.63, 3.8) is 0 Å². The van der Waals surface area contributed by atoms with Crippen LogP contribution < -0.4 is 10.4 Å². The molecule has 0 radical (unpaired) electrons. The molecule has 0 unspecified atom stereocenters. The molecule has 0 heterocycles. The third-order valence-electron chi connectivity index (χ3n) is 6.82. The third kappa shape index (κ3) is 7.60. The van der Waals surface area contributed by atoms with Crippen molar-refractivity contribution in [3.8, 4) is 5.75 Å². The Labute approximate surface area is 238 Å². The van der Waals surface area contributed by atoms with Gasteiger partial charge in [-0.15, -0.1) is 5.73 Å². The first-order valence-electron chi connectivity index (χ1n) is 13.6. The first-order valence-corrected chi connectivity index (χ1v) is 15.5. The van der Waals surface area contributed by atoms with Crippen molar-refractivity contribution in [3.05, 3.63) is 108 Å². The van der Waals surface area contributed by atoms with Crippen molar-refractivity contribution < 1.29 is 29.3 Å². The highest BCUT2D eigenvalue weighted by Crippen LogP contribution is 2.37. The van der Waals surface area contributed by atoms with E-state index in [2.05, 4.69) is 50.8 Å². The predicted octanol–water partition coefficient (Wildman–Crippen LogP) is 4.79. The first kappa shape index (κ1) is 31.1. The molecule has 7 heteroatoms. The summed E-state index contributed by atoms with van der Waals surface area (Å²) in [5, 5.41) is 33.3. The molecule has 0 saturated heterocycles. The lowest BCUT2D eigenvalue weighted by atomic mass is 10.0. The number of phenols is 1. The number of aliphatic hydroxyl groups excluding tert-OH is 2. The van der Waals surface area contributed by atoms with Gasteiger partial charge in [0.2, 0.25) is 0 Å². The highest BCUT2D eigenvalue weighted by molar-refractivity contribution is 6.99. The number of carbonyl (C=O) groups is 1. The molecular formula is C33H40O6Si. The Balaban J connectivity index is 2.00. The quantitative estimate of drug-likeness (QED) is 0.168. The Kier molecular flexibility index (Phi) is 11.1. The van der Waals surface area contributed by atoms with E-state index in [1.807, 2.05) is 36.4 Å². The minimum Gasteiger partial charge on any atom is -0.508 e. The summed E-state index contributed by atoms with van der Waals surface area (Å²) in [6.07, 6.45) is -0.515. The summed E-state index contributed by atoms with van der Waals surface area (Å²) in [7, 11) is -2.88. The number of carbonyl (C=O) groups excluding carboxylic acids is 1. The smallest absolute Gasteiger partial charge is 0.335 e. The molecule has 0 fully saturated rings. The number of ether oxygens (including phenoxy) is 1. The molecule has 3 aromatic carbocycles. The number of aromatic hydroxyl groups is 1. The minimum atomic E-state index is -2.88. The van der Waals surface area contributed by atoms with E-state index in [-0.39, 0.29) is 36.8 Å². The lowest BCUT2D eigenvalue weighted by Crippen LogP contribution is -2.66. The number of phenolic OH excluding ortho intramolecular Hbond substituents is 1. The van der Waals surface area contributed by atoms with Crippen LogP contribution in [0.3, 0.4) is 0 Å². The van der Waals surface area contributed by atoms with Crippen molar-refractivity contribution >= 4 is 24.7 Å². The van der Waals surface area contributed by atoms with Crippen molar-refractivity contribution in [1.82, 2.24) is 0 Å². The number of rotatable bonds is 12. The van der Waals surface area contributed by atoms with Gasteiger partial charge >= 0.3 is 5.97 Å². The van der Waals surface area contributed by atoms with Crippen LogP contribution in [0.25, 0.3) is 0 Å². The predicted molar refractivity (Wildman–Crippen MR) is 160 cm³/mol. The molecule has 40 heavy (non-hydrogen) atoms. The van der Waals surface area contributed by atoms with Crippen LogP contribution in [0.15, 0.2) is 102 Å². The van der Waals surface area contributed by atoms with Crippen LogP contribution in [0.4, 0.5) is 0 Å². The third-order valence-corrected chi connectivity index (χ3v) is 11.8. The number of aliphatic hydroxyl groups is 2. The van der Waals surface area contributed by atoms with Crippen LogP contribution in [0.1, 0.15) is 52.2 Å². The second kappa shape index (κ2) is 14.3. The van der Waals surface area contributed by atoms with Gasteiger partial charge < -0.3 is 24.5 Å². The highest BCUT2D eigenvalue weighted by Gasteiger charge is 2.50. The summed E-state index contributed by atoms with van der Waals surface area (Å²) in [6.45, 7) is 8.49. The van der Waals surface area contributed by atoms with Crippen LogP contribution in [-0.4, -0.2) is 48.9 Å². The zero-order chi connectivity index (χ0) is 29.2. The fourth-order valence-corrected chi connectivity index (χ4v) is 9.43. The topological polar surface area (TPSA) is 96.2 Å². The van der Waals surface area contributed by atoms with E-state index in [1.54, 1.807) is 31.2 Å². The molecule has 3 aromatic rings. The summed E-state index contributed by atoms with van der Waals surface area (Å²) >= 11 is 0. The number of hydrogen-bond acceptors (Lipinski definition) is 6. The van der Waals surface area contributed by atoms with Crippen molar-refractivity contribution in [2.45, 2.75) is 57.8 Å². The second-order valence-electron chi connectivity index (χ2n) is 10.7. The average Bonchev–Trinajstić information content (AvgIpc) is 2.94. The maximum Gasteiger partial charge on any atom is 0.335 e. The molecule has 0 spiro atoms. The summed E-state index contributed by atoms with van der Waals surface area (Å²) in [5.41, 5.74) is 4.16. The fourth-order valence-electron chi connectivity index (χ4n) is 4.88. The Morgan fingerprint density at radius 1 is 0.925 bits per heavy atom. The molecule has 2 atom stereocenters. The molecule has 0 aliphatic heterocycles. The van der Waals surface area contributed by atoms with Gasteiger partial charge in [-0.2, -0.15) is 0 Å². The zero-order valence-electron chi connectivity index (χ0n) is 23.7. The van der Waals surface area contributed by atoms with Crippen molar-refractivity contribution in [2.24, 2.45) is 0 Å².